The van der Waals surface area contributed by atoms with Gasteiger partial charge in [0.05, 0.1) is 5.69 Å². The highest BCUT2D eigenvalue weighted by molar-refractivity contribution is 5.81. The maximum absolute atomic E-state index is 12.8. The third-order valence-corrected chi connectivity index (χ3v) is 1.46. The third kappa shape index (κ3) is 2.65. The fourth-order valence-electron chi connectivity index (χ4n) is 0.884. The van der Waals surface area contributed by atoms with E-state index in [1.807, 2.05) is 5.32 Å². The lowest BCUT2D eigenvalue weighted by atomic mass is 10.2. The normalized spacial score (nSPS) is 12.1. The van der Waals surface area contributed by atoms with E-state index in [2.05, 4.69) is 4.98 Å². The van der Waals surface area contributed by atoms with Crippen LogP contribution in [-0.2, 0) is 0 Å². The molecule has 0 bridgehead atoms. The Morgan fingerprint density at radius 2 is 2.36 bits per heavy atom. The van der Waals surface area contributed by atoms with Crippen molar-refractivity contribution in [3.05, 3.63) is 23.9 Å². The van der Waals surface area contributed by atoms with Crippen LogP contribution in [0.3, 0.4) is 0 Å². The number of carboxylic acid groups (broad SMARTS) is 1. The topological polar surface area (TPSA) is 62.2 Å². The van der Waals surface area contributed by atoms with Gasteiger partial charge in [-0.3, -0.25) is 5.32 Å². The number of aromatic nitrogens is 1. The molecule has 0 saturated carbocycles. The molecule has 0 radical (unpaired) electrons. The van der Waals surface area contributed by atoms with Crippen molar-refractivity contribution in [3.8, 4) is 0 Å². The Morgan fingerprint density at radius 1 is 1.64 bits per heavy atom. The molecule has 1 unspecified atom stereocenters. The van der Waals surface area contributed by atoms with Gasteiger partial charge < -0.3 is 5.11 Å². The Morgan fingerprint density at radius 3 is 2.93 bits per heavy atom. The van der Waals surface area contributed by atoms with Gasteiger partial charge in [0.2, 0.25) is 0 Å². The highest BCUT2D eigenvalue weighted by Gasteiger charge is 2.11. The number of amides is 1. The van der Waals surface area contributed by atoms with Crippen LogP contribution in [0, 0.1) is 0 Å². The van der Waals surface area contributed by atoms with E-state index in [1.54, 1.807) is 0 Å². The zero-order valence-corrected chi connectivity index (χ0v) is 7.08. The first-order chi connectivity index (χ1) is 6.63. The standard InChI is InChI=1S/C8H8F2N2O2/c9-4-5(10)6-2-1-3-7(11-6)12-8(13)14/h1-3,5H,4H2,(H,11,12)(H,13,14). The van der Waals surface area contributed by atoms with Gasteiger partial charge in [0.1, 0.15) is 12.5 Å². The highest BCUT2D eigenvalue weighted by atomic mass is 19.2. The molecular formula is C8H8F2N2O2. The van der Waals surface area contributed by atoms with Crippen LogP contribution >= 0.6 is 0 Å². The van der Waals surface area contributed by atoms with Crippen molar-refractivity contribution < 1.29 is 18.7 Å². The van der Waals surface area contributed by atoms with Crippen LogP contribution in [0.2, 0.25) is 0 Å². The van der Waals surface area contributed by atoms with Crippen molar-refractivity contribution in [1.29, 1.82) is 0 Å². The van der Waals surface area contributed by atoms with Crippen LogP contribution in [0.5, 0.6) is 0 Å². The van der Waals surface area contributed by atoms with E-state index in [4.69, 9.17) is 5.11 Å². The van der Waals surface area contributed by atoms with Crippen molar-refractivity contribution in [1.82, 2.24) is 4.98 Å². The SMILES string of the molecule is O=C(O)Nc1cccc(C(F)CF)n1. The van der Waals surface area contributed by atoms with Crippen LogP contribution in [-0.4, -0.2) is 22.9 Å². The minimum Gasteiger partial charge on any atom is -0.465 e. The summed E-state index contributed by atoms with van der Waals surface area (Å²) in [5.74, 6) is -0.0221. The van der Waals surface area contributed by atoms with Crippen LogP contribution < -0.4 is 5.32 Å². The largest absolute Gasteiger partial charge is 0.465 e. The van der Waals surface area contributed by atoms with Crippen LogP contribution in [0.4, 0.5) is 19.4 Å². The molecule has 0 fully saturated rings. The molecule has 4 nitrogen and oxygen atoms in total. The summed E-state index contributed by atoms with van der Waals surface area (Å²) in [5, 5.41) is 10.3. The third-order valence-electron chi connectivity index (χ3n) is 1.46. The van der Waals surface area contributed by atoms with E-state index in [1.165, 1.54) is 18.2 Å². The predicted octanol–water partition coefficient (Wildman–Crippen LogP) is 2.15. The van der Waals surface area contributed by atoms with Crippen molar-refractivity contribution in [3.63, 3.8) is 0 Å². The van der Waals surface area contributed by atoms with Crippen molar-refractivity contribution in [2.75, 3.05) is 12.0 Å². The Balaban J connectivity index is 2.83. The Hall–Kier alpha value is -1.72. The average molecular weight is 202 g/mol. The zero-order valence-electron chi connectivity index (χ0n) is 7.08. The molecular weight excluding hydrogens is 194 g/mol. The number of pyridine rings is 1. The van der Waals surface area contributed by atoms with Gasteiger partial charge in [-0.05, 0) is 12.1 Å². The van der Waals surface area contributed by atoms with E-state index in [0.29, 0.717) is 0 Å². The summed E-state index contributed by atoms with van der Waals surface area (Å²) >= 11 is 0. The summed E-state index contributed by atoms with van der Waals surface area (Å²) < 4.78 is 24.7. The molecule has 76 valence electrons. The number of anilines is 1. The fourth-order valence-corrected chi connectivity index (χ4v) is 0.884. The highest BCUT2D eigenvalue weighted by Crippen LogP contribution is 2.17. The summed E-state index contributed by atoms with van der Waals surface area (Å²) in [6.07, 6.45) is -3.11. The Bertz CT molecular complexity index is 333. The van der Waals surface area contributed by atoms with Crippen molar-refractivity contribution in [2.24, 2.45) is 0 Å². The first-order valence-corrected chi connectivity index (χ1v) is 3.80. The molecule has 0 saturated heterocycles. The van der Waals surface area contributed by atoms with Crippen LogP contribution in [0.15, 0.2) is 18.2 Å². The molecule has 6 heteroatoms. The van der Waals surface area contributed by atoms with Gasteiger partial charge in [-0.2, -0.15) is 0 Å². The summed E-state index contributed by atoms with van der Waals surface area (Å²) in [6, 6.07) is 4.04. The minimum atomic E-state index is -1.81. The van der Waals surface area contributed by atoms with Gasteiger partial charge in [-0.25, -0.2) is 18.6 Å². The molecule has 1 rings (SSSR count). The maximum Gasteiger partial charge on any atom is 0.410 e. The van der Waals surface area contributed by atoms with E-state index in [0.717, 1.165) is 0 Å². The van der Waals surface area contributed by atoms with E-state index < -0.39 is 18.9 Å². The first-order valence-electron chi connectivity index (χ1n) is 3.80. The molecule has 1 aromatic rings. The molecule has 1 atom stereocenters. The van der Waals surface area contributed by atoms with Gasteiger partial charge in [-0.1, -0.05) is 6.07 Å². The fraction of sp³-hybridized carbons (Fsp3) is 0.250. The molecule has 1 aromatic heterocycles. The lowest BCUT2D eigenvalue weighted by molar-refractivity contribution is 0.209. The molecule has 1 amide bonds. The molecule has 0 aromatic carbocycles. The number of carbonyl (C=O) groups is 1. The summed E-state index contributed by atoms with van der Waals surface area (Å²) in [4.78, 5) is 13.8. The molecule has 0 aliphatic heterocycles. The van der Waals surface area contributed by atoms with Gasteiger partial charge in [0.15, 0.2) is 6.17 Å². The van der Waals surface area contributed by atoms with Gasteiger partial charge >= 0.3 is 6.09 Å². The smallest absolute Gasteiger partial charge is 0.410 e. The first kappa shape index (κ1) is 10.4. The quantitative estimate of drug-likeness (QED) is 0.789. The van der Waals surface area contributed by atoms with Gasteiger partial charge in [0, 0.05) is 0 Å². The second-order valence-corrected chi connectivity index (χ2v) is 2.50. The summed E-state index contributed by atoms with van der Waals surface area (Å²) in [5.41, 5.74) is -0.126. The number of hydrogen-bond acceptors (Lipinski definition) is 2. The molecule has 2 N–H and O–H groups in total. The second-order valence-electron chi connectivity index (χ2n) is 2.50. The monoisotopic (exact) mass is 202 g/mol. The van der Waals surface area contributed by atoms with Crippen molar-refractivity contribution >= 4 is 11.9 Å². The van der Waals surface area contributed by atoms with Gasteiger partial charge in [-0.15, -0.1) is 0 Å². The van der Waals surface area contributed by atoms with Gasteiger partial charge in [0.25, 0.3) is 0 Å². The van der Waals surface area contributed by atoms with E-state index in [9.17, 15) is 13.6 Å². The molecule has 0 aliphatic carbocycles. The molecule has 14 heavy (non-hydrogen) atoms. The number of rotatable bonds is 3. The van der Waals surface area contributed by atoms with E-state index >= 15 is 0 Å². The van der Waals surface area contributed by atoms with Crippen molar-refractivity contribution in [2.45, 2.75) is 6.17 Å². The zero-order chi connectivity index (χ0) is 10.6. The van der Waals surface area contributed by atoms with Crippen LogP contribution in [0.25, 0.3) is 0 Å². The lowest BCUT2D eigenvalue weighted by Gasteiger charge is -2.05. The summed E-state index contributed by atoms with van der Waals surface area (Å²) in [6.45, 7) is -1.18. The molecule has 0 aliphatic rings. The Kier molecular flexibility index (Phi) is 3.33. The number of nitrogens with one attached hydrogen (secondary N) is 1. The number of alkyl halides is 2. The second kappa shape index (κ2) is 4.50. The van der Waals surface area contributed by atoms with Crippen LogP contribution in [0.1, 0.15) is 11.9 Å². The molecule has 1 heterocycles. The Labute approximate surface area is 78.6 Å². The number of halogens is 2. The predicted molar refractivity (Wildman–Crippen MR) is 45.7 cm³/mol. The minimum absolute atomic E-state index is 0.0221. The lowest BCUT2D eigenvalue weighted by Crippen LogP contribution is -2.10. The average Bonchev–Trinajstić information content (AvgIpc) is 2.16. The summed E-state index contributed by atoms with van der Waals surface area (Å²) in [7, 11) is 0. The van der Waals surface area contributed by atoms with E-state index in [-0.39, 0.29) is 11.5 Å². The molecule has 0 spiro atoms. The maximum atomic E-state index is 12.8. The number of hydrogen-bond donors (Lipinski definition) is 2. The number of nitrogens with zero attached hydrogens (tertiary/aromatic N) is 1.